The van der Waals surface area contributed by atoms with Gasteiger partial charge >= 0.3 is 0 Å². The van der Waals surface area contributed by atoms with Gasteiger partial charge in [-0.2, -0.15) is 0 Å². The zero-order valence-corrected chi connectivity index (χ0v) is 12.3. The number of halogens is 2. The van der Waals surface area contributed by atoms with E-state index in [0.717, 1.165) is 25.7 Å². The first-order chi connectivity index (χ1) is 8.98. The standard InChI is InChI=1S/C14H18BrFN2O/c15-11-5-4-10(16)8-12(11)18-13(19)9-14(17)6-2-1-3-7-14/h4-5,8H,1-3,6-7,9,17H2,(H,18,19). The second kappa shape index (κ2) is 6.01. The third-order valence-corrected chi connectivity index (χ3v) is 4.26. The van der Waals surface area contributed by atoms with Gasteiger partial charge in [0.15, 0.2) is 0 Å². The lowest BCUT2D eigenvalue weighted by molar-refractivity contribution is -0.117. The van der Waals surface area contributed by atoms with Crippen molar-refractivity contribution < 1.29 is 9.18 Å². The maximum absolute atomic E-state index is 13.1. The molecule has 1 fully saturated rings. The molecule has 1 amide bonds. The highest BCUT2D eigenvalue weighted by molar-refractivity contribution is 9.10. The van der Waals surface area contributed by atoms with Gasteiger partial charge in [-0.1, -0.05) is 19.3 Å². The summed E-state index contributed by atoms with van der Waals surface area (Å²) in [6, 6.07) is 4.21. The lowest BCUT2D eigenvalue weighted by Crippen LogP contribution is -2.44. The van der Waals surface area contributed by atoms with Gasteiger partial charge in [-0.25, -0.2) is 4.39 Å². The predicted molar refractivity (Wildman–Crippen MR) is 77.4 cm³/mol. The van der Waals surface area contributed by atoms with Crippen LogP contribution in [0.5, 0.6) is 0 Å². The number of hydrogen-bond donors (Lipinski definition) is 2. The third kappa shape index (κ3) is 4.01. The van der Waals surface area contributed by atoms with Crippen LogP contribution in [-0.2, 0) is 4.79 Å². The zero-order valence-electron chi connectivity index (χ0n) is 10.7. The molecule has 0 atom stereocenters. The molecule has 1 aliphatic rings. The number of anilines is 1. The Hall–Kier alpha value is -0.940. The van der Waals surface area contributed by atoms with E-state index in [1.54, 1.807) is 6.07 Å². The number of benzene rings is 1. The molecule has 1 aliphatic carbocycles. The third-order valence-electron chi connectivity index (χ3n) is 3.56. The summed E-state index contributed by atoms with van der Waals surface area (Å²) in [4.78, 5) is 12.0. The molecule has 5 heteroatoms. The van der Waals surface area contributed by atoms with Crippen LogP contribution in [0, 0.1) is 5.82 Å². The smallest absolute Gasteiger partial charge is 0.226 e. The van der Waals surface area contributed by atoms with Crippen LogP contribution in [0.15, 0.2) is 22.7 Å². The lowest BCUT2D eigenvalue weighted by atomic mass is 9.80. The Morgan fingerprint density at radius 3 is 2.74 bits per heavy atom. The molecular weight excluding hydrogens is 311 g/mol. The van der Waals surface area contributed by atoms with Crippen molar-refractivity contribution in [2.45, 2.75) is 44.1 Å². The number of rotatable bonds is 3. The van der Waals surface area contributed by atoms with Gasteiger partial charge in [0.1, 0.15) is 5.82 Å². The molecule has 1 aromatic carbocycles. The Kier molecular flexibility index (Phi) is 4.58. The maximum Gasteiger partial charge on any atom is 0.226 e. The molecule has 3 nitrogen and oxygen atoms in total. The minimum atomic E-state index is -0.401. The minimum absolute atomic E-state index is 0.157. The van der Waals surface area contributed by atoms with Gasteiger partial charge in [0, 0.05) is 16.4 Å². The normalized spacial score (nSPS) is 18.1. The number of carbonyl (C=O) groups excluding carboxylic acids is 1. The van der Waals surface area contributed by atoms with Gasteiger partial charge in [0.05, 0.1) is 5.69 Å². The van der Waals surface area contributed by atoms with Crippen molar-refractivity contribution in [2.75, 3.05) is 5.32 Å². The molecule has 0 heterocycles. The molecule has 104 valence electrons. The molecule has 0 saturated heterocycles. The highest BCUT2D eigenvalue weighted by Gasteiger charge is 2.30. The topological polar surface area (TPSA) is 55.1 Å². The fourth-order valence-electron chi connectivity index (χ4n) is 2.54. The summed E-state index contributed by atoms with van der Waals surface area (Å²) in [5.41, 5.74) is 6.28. The van der Waals surface area contributed by atoms with E-state index in [1.807, 2.05) is 0 Å². The number of nitrogens with two attached hydrogens (primary N) is 1. The molecule has 0 aliphatic heterocycles. The summed E-state index contributed by atoms with van der Waals surface area (Å²) in [5.74, 6) is -0.533. The van der Waals surface area contributed by atoms with E-state index < -0.39 is 5.54 Å². The molecule has 19 heavy (non-hydrogen) atoms. The van der Waals surface area contributed by atoms with Crippen molar-refractivity contribution in [2.24, 2.45) is 5.73 Å². The Morgan fingerprint density at radius 2 is 2.05 bits per heavy atom. The van der Waals surface area contributed by atoms with Crippen molar-refractivity contribution in [3.05, 3.63) is 28.5 Å². The van der Waals surface area contributed by atoms with E-state index in [-0.39, 0.29) is 18.1 Å². The van der Waals surface area contributed by atoms with E-state index in [1.165, 1.54) is 18.6 Å². The lowest BCUT2D eigenvalue weighted by Gasteiger charge is -2.32. The van der Waals surface area contributed by atoms with Crippen LogP contribution in [0.4, 0.5) is 10.1 Å². The largest absolute Gasteiger partial charge is 0.325 e. The molecule has 1 saturated carbocycles. The second-order valence-electron chi connectivity index (χ2n) is 5.27. The Balaban J connectivity index is 1.99. The number of nitrogens with one attached hydrogen (secondary N) is 1. The second-order valence-corrected chi connectivity index (χ2v) is 6.13. The summed E-state index contributed by atoms with van der Waals surface area (Å²) in [6.45, 7) is 0. The van der Waals surface area contributed by atoms with Gasteiger partial charge in [0.25, 0.3) is 0 Å². The predicted octanol–water partition coefficient (Wildman–Crippen LogP) is 3.58. The van der Waals surface area contributed by atoms with E-state index in [0.29, 0.717) is 10.2 Å². The first-order valence-electron chi connectivity index (χ1n) is 6.52. The molecule has 0 bridgehead atoms. The summed E-state index contributed by atoms with van der Waals surface area (Å²) in [5, 5.41) is 2.72. The molecule has 2 rings (SSSR count). The number of hydrogen-bond acceptors (Lipinski definition) is 2. The first-order valence-corrected chi connectivity index (χ1v) is 7.32. The monoisotopic (exact) mass is 328 g/mol. The molecule has 0 unspecified atom stereocenters. The van der Waals surface area contributed by atoms with Crippen LogP contribution in [-0.4, -0.2) is 11.4 Å². The van der Waals surface area contributed by atoms with E-state index in [4.69, 9.17) is 5.73 Å². The maximum atomic E-state index is 13.1. The van der Waals surface area contributed by atoms with Gasteiger partial charge < -0.3 is 11.1 Å². The van der Waals surface area contributed by atoms with Crippen LogP contribution in [0.25, 0.3) is 0 Å². The summed E-state index contributed by atoms with van der Waals surface area (Å²) < 4.78 is 13.8. The summed E-state index contributed by atoms with van der Waals surface area (Å²) in [6.07, 6.45) is 5.39. The first kappa shape index (κ1) is 14.5. The summed E-state index contributed by atoms with van der Waals surface area (Å²) >= 11 is 3.28. The van der Waals surface area contributed by atoms with Crippen LogP contribution >= 0.6 is 15.9 Å². The van der Waals surface area contributed by atoms with Crippen molar-refractivity contribution in [1.29, 1.82) is 0 Å². The zero-order chi connectivity index (χ0) is 13.9. The SMILES string of the molecule is NC1(CC(=O)Nc2cc(F)ccc2Br)CCCCC1. The van der Waals surface area contributed by atoms with Crippen molar-refractivity contribution >= 4 is 27.5 Å². The molecular formula is C14H18BrFN2O. The molecule has 3 N–H and O–H groups in total. The quantitative estimate of drug-likeness (QED) is 0.891. The van der Waals surface area contributed by atoms with Crippen LogP contribution in [0.1, 0.15) is 38.5 Å². The average molecular weight is 329 g/mol. The van der Waals surface area contributed by atoms with Crippen molar-refractivity contribution in [3.8, 4) is 0 Å². The van der Waals surface area contributed by atoms with Gasteiger partial charge in [-0.05, 0) is 47.0 Å². The van der Waals surface area contributed by atoms with Gasteiger partial charge in [0.2, 0.25) is 5.91 Å². The highest BCUT2D eigenvalue weighted by atomic mass is 79.9. The summed E-state index contributed by atoms with van der Waals surface area (Å²) in [7, 11) is 0. The van der Waals surface area contributed by atoms with Crippen LogP contribution in [0.3, 0.4) is 0 Å². The molecule has 0 aromatic heterocycles. The fourth-order valence-corrected chi connectivity index (χ4v) is 2.89. The van der Waals surface area contributed by atoms with Crippen molar-refractivity contribution in [3.63, 3.8) is 0 Å². The fraction of sp³-hybridized carbons (Fsp3) is 0.500. The van der Waals surface area contributed by atoms with Gasteiger partial charge in [-0.3, -0.25) is 4.79 Å². The molecule has 0 radical (unpaired) electrons. The highest BCUT2D eigenvalue weighted by Crippen LogP contribution is 2.29. The number of amides is 1. The van der Waals surface area contributed by atoms with E-state index in [2.05, 4.69) is 21.2 Å². The van der Waals surface area contributed by atoms with E-state index >= 15 is 0 Å². The minimum Gasteiger partial charge on any atom is -0.325 e. The van der Waals surface area contributed by atoms with Gasteiger partial charge in [-0.15, -0.1) is 0 Å². The molecule has 1 aromatic rings. The van der Waals surface area contributed by atoms with Crippen LogP contribution < -0.4 is 11.1 Å². The Bertz CT molecular complexity index is 473. The molecule has 0 spiro atoms. The number of carbonyl (C=O) groups is 1. The van der Waals surface area contributed by atoms with E-state index in [9.17, 15) is 9.18 Å². The van der Waals surface area contributed by atoms with Crippen LogP contribution in [0.2, 0.25) is 0 Å². The Labute approximate surface area is 120 Å². The Morgan fingerprint density at radius 1 is 1.37 bits per heavy atom. The average Bonchev–Trinajstić information content (AvgIpc) is 2.34. The van der Waals surface area contributed by atoms with Crippen molar-refractivity contribution in [1.82, 2.24) is 0 Å².